The molecule has 0 saturated carbocycles. The van der Waals surface area contributed by atoms with Crippen LogP contribution < -0.4 is 4.74 Å². The quantitative estimate of drug-likeness (QED) is 0.790. The standard InChI is InChI=1S/C13H14O3/c1-8-3-4-11(6-12(8)13(14)15)16-7-10-5-9(10)2/h3-6,9H,7H2,1-2H3,(H,14,15). The van der Waals surface area contributed by atoms with Gasteiger partial charge in [0, 0.05) is 0 Å². The van der Waals surface area contributed by atoms with Gasteiger partial charge in [-0.1, -0.05) is 19.1 Å². The van der Waals surface area contributed by atoms with Gasteiger partial charge in [0.05, 0.1) is 5.56 Å². The van der Waals surface area contributed by atoms with Crippen LogP contribution >= 0.6 is 0 Å². The van der Waals surface area contributed by atoms with E-state index in [0.29, 0.717) is 23.8 Å². The Morgan fingerprint density at radius 1 is 1.50 bits per heavy atom. The Balaban J connectivity index is 2.07. The van der Waals surface area contributed by atoms with Crippen LogP contribution in [0.4, 0.5) is 0 Å². The van der Waals surface area contributed by atoms with Crippen LogP contribution in [0.15, 0.2) is 29.8 Å². The second-order valence-electron chi connectivity index (χ2n) is 4.10. The molecule has 0 aliphatic heterocycles. The van der Waals surface area contributed by atoms with E-state index in [0.717, 1.165) is 5.56 Å². The van der Waals surface area contributed by atoms with E-state index in [2.05, 4.69) is 13.0 Å². The van der Waals surface area contributed by atoms with Gasteiger partial charge in [0.25, 0.3) is 0 Å². The number of carbonyl (C=O) groups is 1. The molecular formula is C13H14O3. The van der Waals surface area contributed by atoms with Crippen molar-refractivity contribution in [2.24, 2.45) is 5.92 Å². The van der Waals surface area contributed by atoms with Gasteiger partial charge in [-0.25, -0.2) is 4.79 Å². The van der Waals surface area contributed by atoms with E-state index in [4.69, 9.17) is 9.84 Å². The first-order valence-electron chi connectivity index (χ1n) is 5.25. The molecule has 16 heavy (non-hydrogen) atoms. The molecule has 3 heteroatoms. The van der Waals surface area contributed by atoms with Crippen LogP contribution in [0, 0.1) is 12.8 Å². The lowest BCUT2D eigenvalue weighted by Gasteiger charge is -2.07. The molecule has 0 amide bonds. The Labute approximate surface area is 94.4 Å². The average molecular weight is 218 g/mol. The molecule has 0 heterocycles. The second-order valence-corrected chi connectivity index (χ2v) is 4.10. The van der Waals surface area contributed by atoms with E-state index in [-0.39, 0.29) is 0 Å². The summed E-state index contributed by atoms with van der Waals surface area (Å²) >= 11 is 0. The van der Waals surface area contributed by atoms with Crippen LogP contribution in [0.2, 0.25) is 0 Å². The maximum Gasteiger partial charge on any atom is 0.336 e. The topological polar surface area (TPSA) is 46.5 Å². The predicted octanol–water partition coefficient (Wildman–Crippen LogP) is 2.65. The third kappa shape index (κ3) is 2.24. The molecule has 0 fully saturated rings. The highest BCUT2D eigenvalue weighted by Crippen LogP contribution is 2.28. The Kier molecular flexibility index (Phi) is 2.69. The summed E-state index contributed by atoms with van der Waals surface area (Å²) in [5.74, 6) is 0.245. The molecular weight excluding hydrogens is 204 g/mol. The minimum Gasteiger partial charge on any atom is -0.489 e. The zero-order chi connectivity index (χ0) is 11.7. The Morgan fingerprint density at radius 2 is 2.19 bits per heavy atom. The summed E-state index contributed by atoms with van der Waals surface area (Å²) < 4.78 is 5.51. The van der Waals surface area contributed by atoms with Crippen molar-refractivity contribution in [1.29, 1.82) is 0 Å². The van der Waals surface area contributed by atoms with Crippen LogP contribution in [0.5, 0.6) is 5.75 Å². The maximum atomic E-state index is 10.9. The van der Waals surface area contributed by atoms with Gasteiger partial charge in [-0.3, -0.25) is 0 Å². The van der Waals surface area contributed by atoms with Gasteiger partial charge < -0.3 is 9.84 Å². The van der Waals surface area contributed by atoms with E-state index in [1.54, 1.807) is 25.1 Å². The first-order valence-corrected chi connectivity index (χ1v) is 5.25. The van der Waals surface area contributed by atoms with Crippen molar-refractivity contribution >= 4 is 5.97 Å². The van der Waals surface area contributed by atoms with Gasteiger partial charge in [-0.2, -0.15) is 0 Å². The minimum absolute atomic E-state index is 0.301. The predicted molar refractivity (Wildman–Crippen MR) is 60.9 cm³/mol. The summed E-state index contributed by atoms with van der Waals surface area (Å²) in [6.45, 7) is 4.44. The van der Waals surface area contributed by atoms with Crippen molar-refractivity contribution in [3.63, 3.8) is 0 Å². The minimum atomic E-state index is -0.915. The molecule has 1 unspecified atom stereocenters. The van der Waals surface area contributed by atoms with Gasteiger partial charge in [0.2, 0.25) is 0 Å². The fourth-order valence-electron chi connectivity index (χ4n) is 1.54. The van der Waals surface area contributed by atoms with Gasteiger partial charge >= 0.3 is 5.97 Å². The number of carboxylic acids is 1. The number of aromatic carboxylic acids is 1. The highest BCUT2D eigenvalue weighted by atomic mass is 16.5. The van der Waals surface area contributed by atoms with E-state index in [1.165, 1.54) is 5.57 Å². The fraction of sp³-hybridized carbons (Fsp3) is 0.308. The Bertz CT molecular complexity index is 460. The molecule has 0 spiro atoms. The van der Waals surface area contributed by atoms with Crippen molar-refractivity contribution in [2.75, 3.05) is 6.61 Å². The summed E-state index contributed by atoms with van der Waals surface area (Å²) in [4.78, 5) is 10.9. The van der Waals surface area contributed by atoms with Crippen LogP contribution in [-0.4, -0.2) is 17.7 Å². The van der Waals surface area contributed by atoms with E-state index in [1.807, 2.05) is 0 Å². The number of rotatable bonds is 4. The lowest BCUT2D eigenvalue weighted by molar-refractivity contribution is 0.0695. The number of aryl methyl sites for hydroxylation is 1. The van der Waals surface area contributed by atoms with Crippen LogP contribution in [0.3, 0.4) is 0 Å². The fourth-order valence-corrected chi connectivity index (χ4v) is 1.54. The summed E-state index contributed by atoms with van der Waals surface area (Å²) in [5.41, 5.74) is 2.33. The molecule has 0 aromatic heterocycles. The van der Waals surface area contributed by atoms with Gasteiger partial charge in [0.15, 0.2) is 0 Å². The molecule has 84 valence electrons. The average Bonchev–Trinajstić information content (AvgIpc) is 2.93. The highest BCUT2D eigenvalue weighted by molar-refractivity contribution is 5.89. The summed E-state index contributed by atoms with van der Waals surface area (Å²) in [6.07, 6.45) is 2.13. The highest BCUT2D eigenvalue weighted by Gasteiger charge is 2.19. The van der Waals surface area contributed by atoms with Crippen molar-refractivity contribution in [1.82, 2.24) is 0 Å². The van der Waals surface area contributed by atoms with E-state index < -0.39 is 5.97 Å². The normalized spacial score (nSPS) is 17.9. The van der Waals surface area contributed by atoms with E-state index in [9.17, 15) is 4.79 Å². The molecule has 1 aromatic rings. The lowest BCUT2D eigenvalue weighted by Crippen LogP contribution is -2.02. The van der Waals surface area contributed by atoms with Crippen molar-refractivity contribution in [3.05, 3.63) is 41.0 Å². The molecule has 0 saturated heterocycles. The largest absolute Gasteiger partial charge is 0.489 e. The summed E-state index contributed by atoms with van der Waals surface area (Å²) in [6, 6.07) is 5.14. The molecule has 1 N–H and O–H groups in total. The molecule has 0 bridgehead atoms. The number of hydrogen-bond donors (Lipinski definition) is 1. The third-order valence-electron chi connectivity index (χ3n) is 2.78. The van der Waals surface area contributed by atoms with Gasteiger partial charge in [-0.05, 0) is 36.1 Å². The SMILES string of the molecule is Cc1ccc(OCC2=CC2C)cc1C(=O)O. The van der Waals surface area contributed by atoms with Crippen LogP contribution in [-0.2, 0) is 0 Å². The monoisotopic (exact) mass is 218 g/mol. The van der Waals surface area contributed by atoms with Gasteiger partial charge in [-0.15, -0.1) is 0 Å². The zero-order valence-electron chi connectivity index (χ0n) is 9.36. The first kappa shape index (κ1) is 10.7. The number of hydrogen-bond acceptors (Lipinski definition) is 2. The molecule has 1 aliphatic rings. The van der Waals surface area contributed by atoms with Crippen molar-refractivity contribution < 1.29 is 14.6 Å². The number of carboxylic acid groups (broad SMARTS) is 1. The van der Waals surface area contributed by atoms with E-state index >= 15 is 0 Å². The summed E-state index contributed by atoms with van der Waals surface area (Å²) in [5, 5.41) is 8.95. The van der Waals surface area contributed by atoms with Gasteiger partial charge in [0.1, 0.15) is 12.4 Å². The smallest absolute Gasteiger partial charge is 0.336 e. The Morgan fingerprint density at radius 3 is 2.75 bits per heavy atom. The Hall–Kier alpha value is -1.77. The van der Waals surface area contributed by atoms with Crippen molar-refractivity contribution in [3.8, 4) is 5.75 Å². The molecule has 1 aromatic carbocycles. The summed E-state index contributed by atoms with van der Waals surface area (Å²) in [7, 11) is 0. The molecule has 1 atom stereocenters. The van der Waals surface area contributed by atoms with Crippen LogP contribution in [0.25, 0.3) is 0 Å². The second kappa shape index (κ2) is 4.00. The zero-order valence-corrected chi connectivity index (χ0v) is 9.36. The molecule has 3 nitrogen and oxygen atoms in total. The molecule has 1 aliphatic carbocycles. The molecule has 2 rings (SSSR count). The van der Waals surface area contributed by atoms with Crippen LogP contribution in [0.1, 0.15) is 22.8 Å². The number of ether oxygens (including phenoxy) is 1. The van der Waals surface area contributed by atoms with Crippen molar-refractivity contribution in [2.45, 2.75) is 13.8 Å². The number of allylic oxidation sites excluding steroid dienone is 1. The third-order valence-corrected chi connectivity index (χ3v) is 2.78. The lowest BCUT2D eigenvalue weighted by atomic mass is 10.1. The maximum absolute atomic E-state index is 10.9. The first-order chi connectivity index (χ1) is 7.58. The molecule has 0 radical (unpaired) electrons. The number of benzene rings is 1.